The highest BCUT2D eigenvalue weighted by Gasteiger charge is 2.28. The van der Waals surface area contributed by atoms with Crippen molar-refractivity contribution in [1.29, 1.82) is 0 Å². The van der Waals surface area contributed by atoms with Crippen LogP contribution in [0.15, 0.2) is 42.2 Å². The zero-order valence-corrected chi connectivity index (χ0v) is 18.2. The summed E-state index contributed by atoms with van der Waals surface area (Å²) in [5, 5.41) is 0.878. The van der Waals surface area contributed by atoms with Gasteiger partial charge in [-0.3, -0.25) is 4.79 Å². The molecule has 2 heterocycles. The third-order valence-electron chi connectivity index (χ3n) is 6.05. The van der Waals surface area contributed by atoms with Crippen molar-refractivity contribution in [2.75, 3.05) is 19.7 Å². The van der Waals surface area contributed by atoms with Crippen LogP contribution in [-0.2, 0) is 6.42 Å². The van der Waals surface area contributed by atoms with Crippen LogP contribution in [0.4, 0.5) is 8.78 Å². The van der Waals surface area contributed by atoms with Crippen molar-refractivity contribution >= 4 is 35.3 Å². The number of fused-ring (bicyclic) bond motifs is 2. The average molecular weight is 460 g/mol. The van der Waals surface area contributed by atoms with Crippen LogP contribution in [0.1, 0.15) is 34.3 Å². The van der Waals surface area contributed by atoms with Gasteiger partial charge in [-0.2, -0.15) is 0 Å². The molecule has 168 valence electrons. The summed E-state index contributed by atoms with van der Waals surface area (Å²) >= 11 is 0. The van der Waals surface area contributed by atoms with E-state index in [1.165, 1.54) is 31.0 Å². The first kappa shape index (κ1) is 22.1. The molecule has 3 N–H and O–H groups in total. The molecule has 1 aliphatic heterocycles. The molecule has 0 bridgehead atoms. The molecule has 0 saturated heterocycles. The molecule has 2 aliphatic rings. The van der Waals surface area contributed by atoms with Crippen LogP contribution in [-0.4, -0.2) is 35.5 Å². The molecule has 2 aromatic carbocycles. The first-order chi connectivity index (χ1) is 15.0. The Morgan fingerprint density at radius 3 is 2.78 bits per heavy atom. The number of nitrogens with one attached hydrogen (secondary N) is 1. The van der Waals surface area contributed by atoms with Crippen molar-refractivity contribution in [3.8, 4) is 5.75 Å². The normalized spacial score (nSPS) is 14.9. The van der Waals surface area contributed by atoms with Crippen LogP contribution >= 0.6 is 12.4 Å². The molecule has 3 aromatic rings. The zero-order valence-electron chi connectivity index (χ0n) is 17.4. The number of carbonyl (C=O) groups excluding carboxylic acids is 1. The molecule has 1 amide bonds. The van der Waals surface area contributed by atoms with Gasteiger partial charge in [0.25, 0.3) is 0 Å². The molecule has 5 rings (SSSR count). The highest BCUT2D eigenvalue weighted by atomic mass is 35.5. The molecule has 0 spiro atoms. The highest BCUT2D eigenvalue weighted by molar-refractivity contribution is 5.98. The summed E-state index contributed by atoms with van der Waals surface area (Å²) in [6.45, 7) is 1.79. The smallest absolute Gasteiger partial charge is 0.249 e. The average Bonchev–Trinajstić information content (AvgIpc) is 3.49. The molecule has 1 aromatic heterocycles. The Morgan fingerprint density at radius 2 is 2.03 bits per heavy atom. The quantitative estimate of drug-likeness (QED) is 0.540. The van der Waals surface area contributed by atoms with Crippen molar-refractivity contribution in [2.24, 2.45) is 11.7 Å². The number of aromatic amines is 1. The van der Waals surface area contributed by atoms with Gasteiger partial charge in [-0.05, 0) is 67.2 Å². The van der Waals surface area contributed by atoms with Gasteiger partial charge in [-0.25, -0.2) is 8.78 Å². The Bertz CT molecular complexity index is 1200. The molecule has 1 fully saturated rings. The van der Waals surface area contributed by atoms with Gasteiger partial charge in [-0.15, -0.1) is 12.4 Å². The Labute approximate surface area is 190 Å². The van der Waals surface area contributed by atoms with Crippen LogP contribution in [0.3, 0.4) is 0 Å². The summed E-state index contributed by atoms with van der Waals surface area (Å²) in [6, 6.07) is 7.33. The highest BCUT2D eigenvalue weighted by Crippen LogP contribution is 2.36. The number of halogens is 3. The number of amides is 1. The van der Waals surface area contributed by atoms with Gasteiger partial charge in [0.05, 0.1) is 11.3 Å². The summed E-state index contributed by atoms with van der Waals surface area (Å²) in [7, 11) is 0. The number of aromatic nitrogens is 1. The number of ether oxygens (including phenoxy) is 1. The summed E-state index contributed by atoms with van der Waals surface area (Å²) in [4.78, 5) is 17.3. The lowest BCUT2D eigenvalue weighted by Crippen LogP contribution is -2.32. The molecule has 0 unspecified atom stereocenters. The number of hydrogen-bond donors (Lipinski definition) is 2. The third kappa shape index (κ3) is 4.30. The molecule has 5 nitrogen and oxygen atoms in total. The number of nitrogens with zero attached hydrogens (tertiary/aromatic N) is 1. The van der Waals surface area contributed by atoms with Crippen molar-refractivity contribution in [2.45, 2.75) is 19.3 Å². The van der Waals surface area contributed by atoms with Crippen molar-refractivity contribution in [1.82, 2.24) is 9.88 Å². The molecular weight excluding hydrogens is 436 g/mol. The van der Waals surface area contributed by atoms with Gasteiger partial charge in [-0.1, -0.05) is 0 Å². The predicted molar refractivity (Wildman–Crippen MR) is 122 cm³/mol. The maximum atomic E-state index is 14.2. The lowest BCUT2D eigenvalue weighted by atomic mass is 10.0. The molecule has 1 saturated carbocycles. The fraction of sp³-hybridized carbons (Fsp3) is 0.292. The first-order valence-corrected chi connectivity index (χ1v) is 10.5. The molecular formula is C24H24ClF2N3O2. The summed E-state index contributed by atoms with van der Waals surface area (Å²) in [5.41, 5.74) is 8.96. The SMILES string of the molecule is Cl.NC(=O)c1ccc(F)c2c1C=C(N(CCc1c[nH]c3ccc(F)cc13)CC1CC1)CO2. The largest absolute Gasteiger partial charge is 0.484 e. The number of H-pyrrole nitrogens is 1. The topological polar surface area (TPSA) is 71.4 Å². The van der Waals surface area contributed by atoms with Crippen molar-refractivity contribution in [3.63, 3.8) is 0 Å². The van der Waals surface area contributed by atoms with Crippen molar-refractivity contribution < 1.29 is 18.3 Å². The van der Waals surface area contributed by atoms with Gasteiger partial charge < -0.3 is 20.4 Å². The Hall–Kier alpha value is -3.06. The third-order valence-corrected chi connectivity index (χ3v) is 6.05. The Morgan fingerprint density at radius 1 is 1.22 bits per heavy atom. The van der Waals surface area contributed by atoms with Gasteiger partial charge in [0.1, 0.15) is 12.4 Å². The molecule has 0 radical (unpaired) electrons. The maximum absolute atomic E-state index is 14.2. The monoisotopic (exact) mass is 459 g/mol. The minimum absolute atomic E-state index is 0. The minimum atomic E-state index is -0.619. The van der Waals surface area contributed by atoms with E-state index in [4.69, 9.17) is 10.5 Å². The summed E-state index contributed by atoms with van der Waals surface area (Å²) in [6.07, 6.45) is 6.81. The fourth-order valence-corrected chi connectivity index (χ4v) is 4.19. The van der Waals surface area contributed by atoms with Crippen LogP contribution in [0, 0.1) is 17.6 Å². The van der Waals surface area contributed by atoms with Crippen LogP contribution in [0.5, 0.6) is 5.75 Å². The van der Waals surface area contributed by atoms with Gasteiger partial charge in [0.15, 0.2) is 11.6 Å². The van der Waals surface area contributed by atoms with E-state index in [-0.39, 0.29) is 36.1 Å². The van der Waals surface area contributed by atoms with Crippen LogP contribution in [0.25, 0.3) is 17.0 Å². The van der Waals surface area contributed by atoms with Gasteiger partial charge >= 0.3 is 0 Å². The lowest BCUT2D eigenvalue weighted by molar-refractivity contribution is 0.0999. The number of hydrogen-bond acceptors (Lipinski definition) is 3. The van der Waals surface area contributed by atoms with Crippen molar-refractivity contribution in [3.05, 3.63) is 70.6 Å². The second-order valence-corrected chi connectivity index (χ2v) is 8.27. The second-order valence-electron chi connectivity index (χ2n) is 8.27. The van der Waals surface area contributed by atoms with Crippen LogP contribution in [0.2, 0.25) is 0 Å². The van der Waals surface area contributed by atoms with E-state index in [1.54, 1.807) is 12.1 Å². The number of benzene rings is 2. The zero-order chi connectivity index (χ0) is 21.5. The summed E-state index contributed by atoms with van der Waals surface area (Å²) in [5.74, 6) is -0.703. The standard InChI is InChI=1S/C24H23F2N3O2.ClH/c25-16-3-6-22-19(9-16)15(11-28-22)7-8-29(12-14-1-2-14)17-10-20-18(24(27)30)4-5-21(26)23(20)31-13-17;/h3-6,9-11,14,28H,1-2,7-8,12-13H2,(H2,27,30);1H. The Kier molecular flexibility index (Phi) is 6.11. The maximum Gasteiger partial charge on any atom is 0.249 e. The van der Waals surface area contributed by atoms with E-state index in [2.05, 4.69) is 9.88 Å². The number of carbonyl (C=O) groups is 1. The van der Waals surface area contributed by atoms with Gasteiger partial charge in [0, 0.05) is 35.8 Å². The van der Waals surface area contributed by atoms with E-state index in [0.717, 1.165) is 28.7 Å². The van der Waals surface area contributed by atoms with E-state index in [1.807, 2.05) is 12.3 Å². The van der Waals surface area contributed by atoms with E-state index in [9.17, 15) is 13.6 Å². The van der Waals surface area contributed by atoms with E-state index < -0.39 is 11.7 Å². The van der Waals surface area contributed by atoms with E-state index in [0.29, 0.717) is 24.4 Å². The Balaban J connectivity index is 0.00000245. The fourth-order valence-electron chi connectivity index (χ4n) is 4.19. The number of nitrogens with two attached hydrogens (primary N) is 1. The molecule has 8 heteroatoms. The molecule has 32 heavy (non-hydrogen) atoms. The number of rotatable bonds is 7. The second kappa shape index (κ2) is 8.82. The molecule has 1 aliphatic carbocycles. The van der Waals surface area contributed by atoms with E-state index >= 15 is 0 Å². The summed E-state index contributed by atoms with van der Waals surface area (Å²) < 4.78 is 33.7. The molecule has 0 atom stereocenters. The van der Waals surface area contributed by atoms with Crippen LogP contribution < -0.4 is 10.5 Å². The first-order valence-electron chi connectivity index (χ1n) is 10.5. The minimum Gasteiger partial charge on any atom is -0.484 e. The number of primary amides is 1. The predicted octanol–water partition coefficient (Wildman–Crippen LogP) is 4.65. The van der Waals surface area contributed by atoms with Gasteiger partial charge in [0.2, 0.25) is 5.91 Å². The lowest BCUT2D eigenvalue weighted by Gasteiger charge is -2.31.